The van der Waals surface area contributed by atoms with Crippen molar-refractivity contribution in [2.45, 2.75) is 0 Å². The third-order valence-electron chi connectivity index (χ3n) is 3.01. The molecule has 2 N–H and O–H groups in total. The molecule has 1 fully saturated rings. The minimum atomic E-state index is -0.820. The van der Waals surface area contributed by atoms with E-state index >= 15 is 0 Å². The van der Waals surface area contributed by atoms with Crippen LogP contribution in [-0.4, -0.2) is 46.7 Å². The predicted octanol–water partition coefficient (Wildman–Crippen LogP) is 1.14. The third kappa shape index (κ3) is 3.01. The zero-order valence-corrected chi connectivity index (χ0v) is 12.1. The van der Waals surface area contributed by atoms with Crippen LogP contribution in [0.25, 0.3) is 0 Å². The molecule has 2 rings (SSSR count). The molecule has 0 spiro atoms. The summed E-state index contributed by atoms with van der Waals surface area (Å²) in [5, 5.41) is 0.324. The van der Waals surface area contributed by atoms with E-state index < -0.39 is 10.8 Å². The molecule has 104 valence electrons. The molecule has 0 saturated carbocycles. The van der Waals surface area contributed by atoms with Crippen LogP contribution in [0.4, 0.5) is 5.69 Å². The van der Waals surface area contributed by atoms with Crippen molar-refractivity contribution in [3.8, 4) is 5.75 Å². The van der Waals surface area contributed by atoms with Gasteiger partial charge in [0.15, 0.2) is 0 Å². The summed E-state index contributed by atoms with van der Waals surface area (Å²) >= 11 is 5.95. The number of rotatable bonds is 2. The first-order valence-corrected chi connectivity index (χ1v) is 7.66. The quantitative estimate of drug-likeness (QED) is 0.831. The van der Waals surface area contributed by atoms with Gasteiger partial charge in [-0.15, -0.1) is 0 Å². The van der Waals surface area contributed by atoms with Gasteiger partial charge < -0.3 is 15.4 Å². The van der Waals surface area contributed by atoms with Crippen molar-refractivity contribution in [1.82, 2.24) is 4.90 Å². The zero-order chi connectivity index (χ0) is 14.0. The molecule has 0 unspecified atom stereocenters. The van der Waals surface area contributed by atoms with E-state index in [4.69, 9.17) is 22.1 Å². The molecular formula is C12H15ClN2O3S. The number of anilines is 1. The molecule has 0 aliphatic carbocycles. The number of nitrogens with zero attached hydrogens (tertiary/aromatic N) is 1. The largest absolute Gasteiger partial charge is 0.496 e. The fourth-order valence-electron chi connectivity index (χ4n) is 1.92. The highest BCUT2D eigenvalue weighted by Crippen LogP contribution is 2.29. The lowest BCUT2D eigenvalue weighted by Gasteiger charge is -2.27. The van der Waals surface area contributed by atoms with Crippen molar-refractivity contribution < 1.29 is 13.7 Å². The van der Waals surface area contributed by atoms with Gasteiger partial charge in [0.1, 0.15) is 5.75 Å². The lowest BCUT2D eigenvalue weighted by atomic mass is 10.1. The fraction of sp³-hybridized carbons (Fsp3) is 0.417. The zero-order valence-electron chi connectivity index (χ0n) is 10.5. The van der Waals surface area contributed by atoms with E-state index in [0.717, 1.165) is 0 Å². The minimum Gasteiger partial charge on any atom is -0.496 e. The minimum absolute atomic E-state index is 0.171. The SMILES string of the molecule is COc1cc(N)c(Cl)cc1C(=O)N1CCS(=O)CC1. The molecule has 1 aromatic rings. The van der Waals surface area contributed by atoms with Crippen LogP contribution in [-0.2, 0) is 10.8 Å². The van der Waals surface area contributed by atoms with E-state index in [1.807, 2.05) is 0 Å². The molecule has 0 radical (unpaired) electrons. The number of benzene rings is 1. The van der Waals surface area contributed by atoms with Crippen LogP contribution in [0.5, 0.6) is 5.75 Å². The molecule has 7 heteroatoms. The molecule has 1 heterocycles. The molecule has 5 nitrogen and oxygen atoms in total. The summed E-state index contributed by atoms with van der Waals surface area (Å²) in [6.45, 7) is 0.965. The summed E-state index contributed by atoms with van der Waals surface area (Å²) < 4.78 is 16.5. The first-order valence-electron chi connectivity index (χ1n) is 5.80. The highest BCUT2D eigenvalue weighted by atomic mass is 35.5. The van der Waals surface area contributed by atoms with Gasteiger partial charge in [-0.3, -0.25) is 9.00 Å². The van der Waals surface area contributed by atoms with Crippen LogP contribution in [0.2, 0.25) is 5.02 Å². The van der Waals surface area contributed by atoms with Gasteiger partial charge in [0.2, 0.25) is 0 Å². The van der Waals surface area contributed by atoms with E-state index in [-0.39, 0.29) is 5.91 Å². The van der Waals surface area contributed by atoms with Crippen LogP contribution in [0, 0.1) is 0 Å². The summed E-state index contributed by atoms with van der Waals surface area (Å²) in [5.74, 6) is 1.25. The summed E-state index contributed by atoms with van der Waals surface area (Å²) in [6, 6.07) is 3.06. The van der Waals surface area contributed by atoms with Crippen LogP contribution in [0.15, 0.2) is 12.1 Å². The second-order valence-electron chi connectivity index (χ2n) is 4.21. The Kier molecular flexibility index (Phi) is 4.31. The summed E-state index contributed by atoms with van der Waals surface area (Å²) in [5.41, 5.74) is 6.44. The summed E-state index contributed by atoms with van der Waals surface area (Å²) in [4.78, 5) is 14.1. The number of carbonyl (C=O) groups is 1. The number of methoxy groups -OCH3 is 1. The van der Waals surface area contributed by atoms with Gasteiger partial charge in [0, 0.05) is 41.5 Å². The van der Waals surface area contributed by atoms with E-state index in [2.05, 4.69) is 0 Å². The second-order valence-corrected chi connectivity index (χ2v) is 6.32. The van der Waals surface area contributed by atoms with Crippen molar-refractivity contribution in [3.63, 3.8) is 0 Å². The summed E-state index contributed by atoms with van der Waals surface area (Å²) in [7, 11) is 0.657. The van der Waals surface area contributed by atoms with Crippen molar-refractivity contribution in [2.24, 2.45) is 0 Å². The van der Waals surface area contributed by atoms with Gasteiger partial charge in [-0.2, -0.15) is 0 Å². The van der Waals surface area contributed by atoms with Gasteiger partial charge in [-0.05, 0) is 6.07 Å². The molecule has 0 atom stereocenters. The molecular weight excluding hydrogens is 288 g/mol. The van der Waals surface area contributed by atoms with Crippen molar-refractivity contribution >= 4 is 34.0 Å². The fourth-order valence-corrected chi connectivity index (χ4v) is 3.13. The lowest BCUT2D eigenvalue weighted by molar-refractivity contribution is 0.0768. The number of hydrogen-bond acceptors (Lipinski definition) is 4. The monoisotopic (exact) mass is 302 g/mol. The molecule has 1 saturated heterocycles. The van der Waals surface area contributed by atoms with Crippen LogP contribution >= 0.6 is 11.6 Å². The molecule has 0 aromatic heterocycles. The highest BCUT2D eigenvalue weighted by molar-refractivity contribution is 7.85. The van der Waals surface area contributed by atoms with E-state index in [9.17, 15) is 9.00 Å². The first kappa shape index (κ1) is 14.1. The topological polar surface area (TPSA) is 72.6 Å². The van der Waals surface area contributed by atoms with Crippen molar-refractivity contribution in [1.29, 1.82) is 0 Å². The van der Waals surface area contributed by atoms with Crippen LogP contribution in [0.1, 0.15) is 10.4 Å². The highest BCUT2D eigenvalue weighted by Gasteiger charge is 2.24. The molecule has 1 aliphatic rings. The van der Waals surface area contributed by atoms with Crippen molar-refractivity contribution in [2.75, 3.05) is 37.4 Å². The normalized spacial score (nSPS) is 16.4. The smallest absolute Gasteiger partial charge is 0.257 e. The van der Waals surface area contributed by atoms with Gasteiger partial charge in [-0.25, -0.2) is 0 Å². The Hall–Kier alpha value is -1.27. The Morgan fingerprint density at radius 1 is 1.42 bits per heavy atom. The molecule has 0 bridgehead atoms. The maximum atomic E-state index is 12.4. The maximum absolute atomic E-state index is 12.4. The van der Waals surface area contributed by atoms with Gasteiger partial charge in [-0.1, -0.05) is 11.6 Å². The average molecular weight is 303 g/mol. The third-order valence-corrected chi connectivity index (χ3v) is 4.62. The standard InChI is InChI=1S/C12H15ClN2O3S/c1-18-11-7-10(14)9(13)6-8(11)12(16)15-2-4-19(17)5-3-15/h6-7H,2-5,14H2,1H3. The number of ether oxygens (including phenoxy) is 1. The number of nitrogens with two attached hydrogens (primary N) is 1. The van der Waals surface area contributed by atoms with Gasteiger partial charge in [0.25, 0.3) is 5.91 Å². The Labute approximate surface area is 119 Å². The molecule has 1 aromatic carbocycles. The Morgan fingerprint density at radius 3 is 2.63 bits per heavy atom. The maximum Gasteiger partial charge on any atom is 0.257 e. The Morgan fingerprint density at radius 2 is 2.05 bits per heavy atom. The second kappa shape index (κ2) is 5.79. The Bertz CT molecular complexity index is 526. The number of hydrogen-bond donors (Lipinski definition) is 1. The molecule has 1 aliphatic heterocycles. The van der Waals surface area contributed by atoms with Crippen molar-refractivity contribution in [3.05, 3.63) is 22.7 Å². The van der Waals surface area contributed by atoms with E-state index in [0.29, 0.717) is 46.6 Å². The van der Waals surface area contributed by atoms with Gasteiger partial charge >= 0.3 is 0 Å². The molecule has 19 heavy (non-hydrogen) atoms. The first-order chi connectivity index (χ1) is 9.02. The average Bonchev–Trinajstić information content (AvgIpc) is 2.41. The van der Waals surface area contributed by atoms with Gasteiger partial charge in [0.05, 0.1) is 23.4 Å². The number of halogens is 1. The van der Waals surface area contributed by atoms with E-state index in [1.165, 1.54) is 19.2 Å². The Balaban J connectivity index is 2.28. The predicted molar refractivity (Wildman–Crippen MR) is 76.2 cm³/mol. The summed E-state index contributed by atoms with van der Waals surface area (Å²) in [6.07, 6.45) is 0. The van der Waals surface area contributed by atoms with Crippen LogP contribution in [0.3, 0.4) is 0 Å². The van der Waals surface area contributed by atoms with Crippen LogP contribution < -0.4 is 10.5 Å². The lowest BCUT2D eigenvalue weighted by Crippen LogP contribution is -2.41. The number of nitrogen functional groups attached to an aromatic ring is 1. The molecule has 1 amide bonds. The number of amides is 1. The van der Waals surface area contributed by atoms with E-state index in [1.54, 1.807) is 4.90 Å². The number of carbonyl (C=O) groups excluding carboxylic acids is 1.